The molecule has 0 saturated heterocycles. The molecule has 0 aliphatic carbocycles. The molecule has 2 aromatic carbocycles. The number of ether oxygens (including phenoxy) is 2. The quantitative estimate of drug-likeness (QED) is 0.730. The molecule has 2 N–H and O–H groups in total. The third kappa shape index (κ3) is 3.50. The summed E-state index contributed by atoms with van der Waals surface area (Å²) >= 11 is 0. The Hall–Kier alpha value is -2.93. The van der Waals surface area contributed by atoms with E-state index in [1.165, 1.54) is 12.1 Å². The molecule has 1 aliphatic heterocycles. The van der Waals surface area contributed by atoms with Crippen molar-refractivity contribution in [2.24, 2.45) is 0 Å². The van der Waals surface area contributed by atoms with Crippen LogP contribution in [0.4, 0.5) is 14.6 Å². The summed E-state index contributed by atoms with van der Waals surface area (Å²) in [6, 6.07) is 6.94. The maximum atomic E-state index is 13.7. The van der Waals surface area contributed by atoms with Gasteiger partial charge in [0.2, 0.25) is 0 Å². The zero-order valence-electron chi connectivity index (χ0n) is 14.6. The second-order valence-corrected chi connectivity index (χ2v) is 6.45. The van der Waals surface area contributed by atoms with Crippen LogP contribution in [0.1, 0.15) is 6.92 Å². The van der Waals surface area contributed by atoms with Gasteiger partial charge in [-0.1, -0.05) is 0 Å². The number of hydrogen-bond donors (Lipinski definition) is 2. The fourth-order valence-corrected chi connectivity index (χ4v) is 3.10. The Labute approximate surface area is 154 Å². The van der Waals surface area contributed by atoms with E-state index in [0.717, 1.165) is 6.07 Å². The highest BCUT2D eigenvalue weighted by atomic mass is 19.1. The van der Waals surface area contributed by atoms with Crippen LogP contribution in [-0.2, 0) is 0 Å². The molecule has 0 amide bonds. The van der Waals surface area contributed by atoms with Gasteiger partial charge in [-0.05, 0) is 42.1 Å². The lowest BCUT2D eigenvalue weighted by Crippen LogP contribution is -2.17. The highest BCUT2D eigenvalue weighted by Gasteiger charge is 2.18. The van der Waals surface area contributed by atoms with Gasteiger partial charge in [0.25, 0.3) is 0 Å². The smallest absolute Gasteiger partial charge is 0.162 e. The summed E-state index contributed by atoms with van der Waals surface area (Å²) in [6.07, 6.45) is 0.993. The Morgan fingerprint density at radius 3 is 2.30 bits per heavy atom. The van der Waals surface area contributed by atoms with Crippen LogP contribution in [0.2, 0.25) is 0 Å². The molecule has 1 aliphatic rings. The Morgan fingerprint density at radius 2 is 1.67 bits per heavy atom. The maximum Gasteiger partial charge on any atom is 0.162 e. The summed E-state index contributed by atoms with van der Waals surface area (Å²) in [5, 5.41) is 14.1. The molecular weight excluding hydrogens is 354 g/mol. The zero-order chi connectivity index (χ0) is 19.0. The minimum absolute atomic E-state index is 0.310. The number of halogens is 2. The lowest BCUT2D eigenvalue weighted by Gasteiger charge is -2.21. The van der Waals surface area contributed by atoms with E-state index in [-0.39, 0.29) is 0 Å². The molecule has 5 nitrogen and oxygen atoms in total. The van der Waals surface area contributed by atoms with Gasteiger partial charge in [-0.3, -0.25) is 0 Å². The van der Waals surface area contributed by atoms with Crippen LogP contribution in [0.5, 0.6) is 11.5 Å². The molecule has 27 heavy (non-hydrogen) atoms. The molecule has 3 aromatic rings. The van der Waals surface area contributed by atoms with Crippen molar-refractivity contribution in [3.05, 3.63) is 48.2 Å². The van der Waals surface area contributed by atoms with Gasteiger partial charge in [0, 0.05) is 29.8 Å². The second kappa shape index (κ2) is 7.00. The van der Waals surface area contributed by atoms with Gasteiger partial charge in [-0.25, -0.2) is 13.8 Å². The molecule has 1 aromatic heterocycles. The number of fused-ring (bicyclic) bond motifs is 2. The average Bonchev–Trinajstić information content (AvgIpc) is 2.63. The van der Waals surface area contributed by atoms with E-state index < -0.39 is 17.7 Å². The first-order valence-electron chi connectivity index (χ1n) is 8.62. The van der Waals surface area contributed by atoms with Crippen molar-refractivity contribution in [2.45, 2.75) is 13.0 Å². The van der Waals surface area contributed by atoms with Gasteiger partial charge in [-0.15, -0.1) is 0 Å². The lowest BCUT2D eigenvalue weighted by atomic mass is 9.99. The summed E-state index contributed by atoms with van der Waals surface area (Å²) < 4.78 is 38.8. The van der Waals surface area contributed by atoms with Crippen molar-refractivity contribution in [1.29, 1.82) is 0 Å². The average molecular weight is 372 g/mol. The van der Waals surface area contributed by atoms with E-state index in [2.05, 4.69) is 10.3 Å². The number of benzene rings is 2. The number of nitrogens with one attached hydrogen (secondary N) is 1. The first-order valence-corrected chi connectivity index (χ1v) is 8.62. The third-order valence-corrected chi connectivity index (χ3v) is 4.29. The molecule has 1 unspecified atom stereocenters. The van der Waals surface area contributed by atoms with Crippen molar-refractivity contribution >= 4 is 16.6 Å². The summed E-state index contributed by atoms with van der Waals surface area (Å²) in [5.41, 5.74) is 0.951. The minimum atomic E-state index is -0.660. The predicted molar refractivity (Wildman–Crippen MR) is 98.3 cm³/mol. The van der Waals surface area contributed by atoms with Crippen molar-refractivity contribution in [2.75, 3.05) is 25.1 Å². The molecule has 0 fully saturated rings. The van der Waals surface area contributed by atoms with Gasteiger partial charge in [-0.2, -0.15) is 0 Å². The number of aliphatic hydroxyl groups excluding tert-OH is 1. The van der Waals surface area contributed by atoms with E-state index in [1.54, 1.807) is 25.3 Å². The van der Waals surface area contributed by atoms with E-state index in [1.807, 2.05) is 0 Å². The number of nitrogens with zero attached hydrogens (tertiary/aromatic N) is 1. The van der Waals surface area contributed by atoms with Crippen molar-refractivity contribution in [3.63, 3.8) is 0 Å². The van der Waals surface area contributed by atoms with Crippen LogP contribution in [0.15, 0.2) is 36.5 Å². The van der Waals surface area contributed by atoms with Crippen LogP contribution < -0.4 is 14.8 Å². The van der Waals surface area contributed by atoms with Crippen molar-refractivity contribution in [3.8, 4) is 22.6 Å². The van der Waals surface area contributed by atoms with E-state index in [4.69, 9.17) is 9.47 Å². The number of hydrogen-bond acceptors (Lipinski definition) is 5. The van der Waals surface area contributed by atoms with Crippen molar-refractivity contribution < 1.29 is 23.4 Å². The van der Waals surface area contributed by atoms with Crippen LogP contribution in [0.3, 0.4) is 0 Å². The van der Waals surface area contributed by atoms with E-state index >= 15 is 0 Å². The molecule has 1 atom stereocenters. The standard InChI is InChI=1S/C20H18F2N2O3/c1-11(25)9-23-20-16-8-19-18(26-2-3-27-19)7-15(16)17(10-24-20)12-4-13(21)6-14(22)5-12/h4-8,10-11,25H,2-3,9H2,1H3,(H,23,24). The maximum absolute atomic E-state index is 13.7. The third-order valence-electron chi connectivity index (χ3n) is 4.29. The highest BCUT2D eigenvalue weighted by molar-refractivity contribution is 6.03. The summed E-state index contributed by atoms with van der Waals surface area (Å²) in [4.78, 5) is 4.40. The Morgan fingerprint density at radius 1 is 1.04 bits per heavy atom. The largest absolute Gasteiger partial charge is 0.486 e. The molecule has 7 heteroatoms. The Balaban J connectivity index is 1.92. The topological polar surface area (TPSA) is 63.6 Å². The normalized spacial score (nSPS) is 14.2. The fourth-order valence-electron chi connectivity index (χ4n) is 3.10. The minimum Gasteiger partial charge on any atom is -0.486 e. The van der Waals surface area contributed by atoms with Gasteiger partial charge in [0.1, 0.15) is 30.7 Å². The number of aliphatic hydroxyl groups is 1. The molecule has 0 radical (unpaired) electrons. The number of aromatic nitrogens is 1. The number of anilines is 1. The van der Waals surface area contributed by atoms with Crippen molar-refractivity contribution in [1.82, 2.24) is 4.98 Å². The van der Waals surface area contributed by atoms with Gasteiger partial charge in [0.05, 0.1) is 6.10 Å². The fraction of sp³-hybridized carbons (Fsp3) is 0.250. The number of pyridine rings is 1. The molecule has 0 saturated carbocycles. The Kier molecular flexibility index (Phi) is 4.53. The second-order valence-electron chi connectivity index (χ2n) is 6.45. The summed E-state index contributed by atoms with van der Waals surface area (Å²) in [5.74, 6) is 0.375. The molecular formula is C20H18F2N2O3. The van der Waals surface area contributed by atoms with Gasteiger partial charge in [0.15, 0.2) is 11.5 Å². The molecule has 140 valence electrons. The van der Waals surface area contributed by atoms with Crippen LogP contribution in [0, 0.1) is 11.6 Å². The highest BCUT2D eigenvalue weighted by Crippen LogP contribution is 2.40. The Bertz CT molecular complexity index is 988. The van der Waals surface area contributed by atoms with E-state index in [0.29, 0.717) is 59.0 Å². The molecule has 2 heterocycles. The van der Waals surface area contributed by atoms with Crippen LogP contribution in [-0.4, -0.2) is 36.0 Å². The van der Waals surface area contributed by atoms with E-state index in [9.17, 15) is 13.9 Å². The first kappa shape index (κ1) is 17.5. The van der Waals surface area contributed by atoms with Crippen LogP contribution >= 0.6 is 0 Å². The molecule has 0 bridgehead atoms. The molecule has 4 rings (SSSR count). The molecule has 0 spiro atoms. The van der Waals surface area contributed by atoms with Crippen LogP contribution in [0.25, 0.3) is 21.9 Å². The first-order chi connectivity index (χ1) is 13.0. The lowest BCUT2D eigenvalue weighted by molar-refractivity contribution is 0.172. The SMILES string of the molecule is CC(O)CNc1ncc(-c2cc(F)cc(F)c2)c2cc3c(cc12)OCCO3. The predicted octanol–water partition coefficient (Wildman–Crippen LogP) is 3.74. The van der Waals surface area contributed by atoms with Gasteiger partial charge < -0.3 is 19.9 Å². The zero-order valence-corrected chi connectivity index (χ0v) is 14.6. The summed E-state index contributed by atoms with van der Waals surface area (Å²) in [7, 11) is 0. The summed E-state index contributed by atoms with van der Waals surface area (Å²) in [6.45, 7) is 2.85. The monoisotopic (exact) mass is 372 g/mol. The number of rotatable bonds is 4. The van der Waals surface area contributed by atoms with Gasteiger partial charge >= 0.3 is 0 Å².